The Bertz CT molecular complexity index is 592. The minimum atomic E-state index is -1.05. The molecule has 0 aliphatic carbocycles. The third-order valence-electron chi connectivity index (χ3n) is 2.30. The maximum atomic E-state index is 10.8. The van der Waals surface area contributed by atoms with Crippen molar-refractivity contribution in [2.75, 3.05) is 0 Å². The molecule has 2 aromatic rings. The first-order chi connectivity index (χ1) is 7.99. The van der Waals surface area contributed by atoms with E-state index in [1.165, 1.54) is 6.07 Å². The molecule has 1 heterocycles. The van der Waals surface area contributed by atoms with Crippen LogP contribution >= 0.6 is 11.6 Å². The van der Waals surface area contributed by atoms with Crippen LogP contribution in [0.15, 0.2) is 18.2 Å². The molecular weight excluding hydrogens is 242 g/mol. The van der Waals surface area contributed by atoms with Crippen molar-refractivity contribution in [1.29, 1.82) is 0 Å². The van der Waals surface area contributed by atoms with Gasteiger partial charge in [-0.15, -0.1) is 0 Å². The third-order valence-corrected chi connectivity index (χ3v) is 2.62. The largest absolute Gasteiger partial charge is 0.478 e. The summed E-state index contributed by atoms with van der Waals surface area (Å²) in [4.78, 5) is 15.0. The predicted octanol–water partition coefficient (Wildman–Crippen LogP) is 2.24. The number of carboxylic acids is 1. The van der Waals surface area contributed by atoms with Crippen molar-refractivity contribution in [3.05, 3.63) is 40.4 Å². The molecule has 0 radical (unpaired) electrons. The lowest BCUT2D eigenvalue weighted by Crippen LogP contribution is -2.02. The molecule has 0 saturated heterocycles. The van der Waals surface area contributed by atoms with Crippen LogP contribution in [0.2, 0.25) is 5.02 Å². The van der Waals surface area contributed by atoms with Crippen LogP contribution in [0.1, 0.15) is 22.0 Å². The molecule has 6 heteroatoms. The van der Waals surface area contributed by atoms with E-state index in [1.54, 1.807) is 23.7 Å². The summed E-state index contributed by atoms with van der Waals surface area (Å²) in [5.41, 5.74) is 0.767. The number of carboxylic acid groups (broad SMARTS) is 1. The van der Waals surface area contributed by atoms with Gasteiger partial charge in [0.1, 0.15) is 11.6 Å². The van der Waals surface area contributed by atoms with E-state index in [0.29, 0.717) is 11.5 Å². The molecule has 0 amide bonds. The molecule has 0 aliphatic rings. The summed E-state index contributed by atoms with van der Waals surface area (Å²) in [5, 5.41) is 13.2. The highest BCUT2D eigenvalue weighted by Crippen LogP contribution is 2.20. The second-order valence-electron chi connectivity index (χ2n) is 3.59. The minimum absolute atomic E-state index is 0.0740. The van der Waals surface area contributed by atoms with Gasteiger partial charge < -0.3 is 5.11 Å². The SMILES string of the molecule is Cc1nc(C)n(-c2ccc(C(=O)O)c(Cl)c2)n1. The highest BCUT2D eigenvalue weighted by molar-refractivity contribution is 6.33. The quantitative estimate of drug-likeness (QED) is 0.889. The molecule has 0 fully saturated rings. The van der Waals surface area contributed by atoms with Gasteiger partial charge in [-0.2, -0.15) is 5.10 Å². The number of halogens is 1. The number of nitrogens with zero attached hydrogens (tertiary/aromatic N) is 3. The molecule has 0 spiro atoms. The molecule has 1 aromatic heterocycles. The predicted molar refractivity (Wildman–Crippen MR) is 62.8 cm³/mol. The van der Waals surface area contributed by atoms with Crippen LogP contribution in [0, 0.1) is 13.8 Å². The van der Waals surface area contributed by atoms with Gasteiger partial charge >= 0.3 is 5.97 Å². The van der Waals surface area contributed by atoms with Crippen LogP contribution in [-0.2, 0) is 0 Å². The topological polar surface area (TPSA) is 68.0 Å². The average Bonchev–Trinajstić information content (AvgIpc) is 2.57. The number of carbonyl (C=O) groups is 1. The van der Waals surface area contributed by atoms with E-state index in [2.05, 4.69) is 10.1 Å². The molecule has 0 bridgehead atoms. The fraction of sp³-hybridized carbons (Fsp3) is 0.182. The maximum absolute atomic E-state index is 10.8. The summed E-state index contributed by atoms with van der Waals surface area (Å²) >= 11 is 5.89. The first-order valence-electron chi connectivity index (χ1n) is 4.92. The fourth-order valence-corrected chi connectivity index (χ4v) is 1.83. The van der Waals surface area contributed by atoms with Crippen molar-refractivity contribution >= 4 is 17.6 Å². The molecule has 88 valence electrons. The van der Waals surface area contributed by atoms with Gasteiger partial charge in [0, 0.05) is 0 Å². The minimum Gasteiger partial charge on any atom is -0.478 e. The lowest BCUT2D eigenvalue weighted by atomic mass is 10.2. The Labute approximate surface area is 103 Å². The molecule has 0 saturated carbocycles. The Morgan fingerprint density at radius 2 is 2.12 bits per heavy atom. The lowest BCUT2D eigenvalue weighted by Gasteiger charge is -2.05. The van der Waals surface area contributed by atoms with Crippen molar-refractivity contribution in [3.63, 3.8) is 0 Å². The van der Waals surface area contributed by atoms with Gasteiger partial charge in [0.25, 0.3) is 0 Å². The number of hydrogen-bond donors (Lipinski definition) is 1. The van der Waals surface area contributed by atoms with Crippen molar-refractivity contribution in [2.45, 2.75) is 13.8 Å². The summed E-state index contributed by atoms with van der Waals surface area (Å²) in [5.74, 6) is 0.329. The van der Waals surface area contributed by atoms with E-state index in [1.807, 2.05) is 6.92 Å². The number of benzene rings is 1. The molecule has 2 rings (SSSR count). The van der Waals surface area contributed by atoms with Crippen LogP contribution < -0.4 is 0 Å². The summed E-state index contributed by atoms with van der Waals surface area (Å²) in [6.45, 7) is 3.61. The Kier molecular flexibility index (Phi) is 2.85. The molecular formula is C11H10ClN3O2. The van der Waals surface area contributed by atoms with E-state index in [0.717, 1.165) is 5.82 Å². The van der Waals surface area contributed by atoms with E-state index in [-0.39, 0.29) is 10.6 Å². The van der Waals surface area contributed by atoms with Crippen molar-refractivity contribution in [1.82, 2.24) is 14.8 Å². The van der Waals surface area contributed by atoms with Gasteiger partial charge in [-0.05, 0) is 32.0 Å². The summed E-state index contributed by atoms with van der Waals surface area (Å²) in [6.07, 6.45) is 0. The second kappa shape index (κ2) is 4.18. The summed E-state index contributed by atoms with van der Waals surface area (Å²) < 4.78 is 1.62. The van der Waals surface area contributed by atoms with Crippen LogP contribution in [0.5, 0.6) is 0 Å². The number of hydrogen-bond acceptors (Lipinski definition) is 3. The highest BCUT2D eigenvalue weighted by atomic mass is 35.5. The van der Waals surface area contributed by atoms with Crippen molar-refractivity contribution in [3.8, 4) is 5.69 Å². The summed E-state index contributed by atoms with van der Waals surface area (Å²) in [7, 11) is 0. The molecule has 0 aliphatic heterocycles. The first-order valence-corrected chi connectivity index (χ1v) is 5.30. The zero-order valence-electron chi connectivity index (χ0n) is 9.31. The third kappa shape index (κ3) is 2.14. The zero-order chi connectivity index (χ0) is 12.6. The van der Waals surface area contributed by atoms with E-state index in [9.17, 15) is 4.79 Å². The van der Waals surface area contributed by atoms with Gasteiger partial charge in [0.15, 0.2) is 0 Å². The van der Waals surface area contributed by atoms with Gasteiger partial charge in [-0.1, -0.05) is 11.6 Å². The smallest absolute Gasteiger partial charge is 0.337 e. The van der Waals surface area contributed by atoms with Crippen LogP contribution in [0.25, 0.3) is 5.69 Å². The molecule has 1 N–H and O–H groups in total. The Morgan fingerprint density at radius 1 is 1.41 bits per heavy atom. The Balaban J connectivity index is 2.51. The average molecular weight is 252 g/mol. The fourth-order valence-electron chi connectivity index (χ4n) is 1.57. The van der Waals surface area contributed by atoms with Crippen LogP contribution in [-0.4, -0.2) is 25.8 Å². The van der Waals surface area contributed by atoms with Gasteiger partial charge in [0.2, 0.25) is 0 Å². The van der Waals surface area contributed by atoms with E-state index < -0.39 is 5.97 Å². The number of aromatic carboxylic acids is 1. The van der Waals surface area contributed by atoms with E-state index >= 15 is 0 Å². The molecule has 17 heavy (non-hydrogen) atoms. The maximum Gasteiger partial charge on any atom is 0.337 e. The zero-order valence-corrected chi connectivity index (χ0v) is 10.1. The van der Waals surface area contributed by atoms with Gasteiger partial charge in [0.05, 0.1) is 16.3 Å². The normalized spacial score (nSPS) is 10.5. The number of aromatic nitrogens is 3. The van der Waals surface area contributed by atoms with Crippen molar-refractivity contribution in [2.24, 2.45) is 0 Å². The molecule has 1 aromatic carbocycles. The standard InChI is InChI=1S/C11H10ClN3O2/c1-6-13-7(2)15(14-6)8-3-4-9(11(16)17)10(12)5-8/h3-5H,1-2H3,(H,16,17). The summed E-state index contributed by atoms with van der Waals surface area (Å²) in [6, 6.07) is 4.67. The number of rotatable bonds is 2. The van der Waals surface area contributed by atoms with Crippen molar-refractivity contribution < 1.29 is 9.90 Å². The van der Waals surface area contributed by atoms with Gasteiger partial charge in [-0.3, -0.25) is 0 Å². The van der Waals surface area contributed by atoms with E-state index in [4.69, 9.17) is 16.7 Å². The Morgan fingerprint density at radius 3 is 2.59 bits per heavy atom. The number of aryl methyl sites for hydroxylation is 2. The molecule has 5 nitrogen and oxygen atoms in total. The first kappa shape index (κ1) is 11.6. The molecule has 0 atom stereocenters. The monoisotopic (exact) mass is 251 g/mol. The lowest BCUT2D eigenvalue weighted by molar-refractivity contribution is 0.0697. The molecule has 0 unspecified atom stereocenters. The van der Waals surface area contributed by atoms with Crippen LogP contribution in [0.4, 0.5) is 0 Å². The Hall–Kier alpha value is -1.88. The van der Waals surface area contributed by atoms with Gasteiger partial charge in [-0.25, -0.2) is 14.5 Å². The second-order valence-corrected chi connectivity index (χ2v) is 3.99. The highest BCUT2D eigenvalue weighted by Gasteiger charge is 2.11. The van der Waals surface area contributed by atoms with Crippen LogP contribution in [0.3, 0.4) is 0 Å².